The fourth-order valence-corrected chi connectivity index (χ4v) is 9.54. The summed E-state index contributed by atoms with van der Waals surface area (Å²) in [5, 5.41) is 13.8. The first-order valence-corrected chi connectivity index (χ1v) is 30.7. The summed E-state index contributed by atoms with van der Waals surface area (Å²) < 4.78 is 23.3. The molecule has 0 aliphatic heterocycles. The highest BCUT2D eigenvalue weighted by atomic mass is 31.2. The topological polar surface area (TPSA) is 108 Å². The molecule has 67 heavy (non-hydrogen) atoms. The van der Waals surface area contributed by atoms with Crippen molar-refractivity contribution in [2.24, 2.45) is 0 Å². The van der Waals surface area contributed by atoms with Crippen LogP contribution in [0.5, 0.6) is 0 Å². The van der Waals surface area contributed by atoms with Crippen LogP contribution in [0.25, 0.3) is 0 Å². The van der Waals surface area contributed by atoms with Gasteiger partial charge in [-0.15, -0.1) is 0 Å². The van der Waals surface area contributed by atoms with E-state index in [1.165, 1.54) is 231 Å². The number of allylic oxidation sites excluding steroid dienone is 3. The smallest absolute Gasteiger partial charge is 0.268 e. The van der Waals surface area contributed by atoms with E-state index in [9.17, 15) is 19.4 Å². The molecule has 0 aromatic carbocycles. The van der Waals surface area contributed by atoms with Crippen molar-refractivity contribution < 1.29 is 32.9 Å². The lowest BCUT2D eigenvalue weighted by Crippen LogP contribution is -2.45. The Balaban J connectivity index is 3.99. The minimum absolute atomic E-state index is 0.00402. The van der Waals surface area contributed by atoms with Gasteiger partial charge in [0.05, 0.1) is 39.9 Å². The number of carbonyl (C=O) groups is 1. The number of hydrogen-bond acceptors (Lipinski definition) is 6. The lowest BCUT2D eigenvalue weighted by atomic mass is 10.0. The van der Waals surface area contributed by atoms with Crippen molar-refractivity contribution in [3.05, 3.63) is 24.3 Å². The van der Waals surface area contributed by atoms with Crippen LogP contribution < -0.4 is 10.2 Å². The third-order valence-electron chi connectivity index (χ3n) is 13.4. The summed E-state index contributed by atoms with van der Waals surface area (Å²) in [7, 11) is 1.26. The van der Waals surface area contributed by atoms with E-state index >= 15 is 0 Å². The van der Waals surface area contributed by atoms with E-state index in [1.807, 2.05) is 27.2 Å². The second-order valence-electron chi connectivity index (χ2n) is 21.4. The molecular weight excluding hydrogens is 852 g/mol. The Morgan fingerprint density at radius 3 is 1.21 bits per heavy atom. The van der Waals surface area contributed by atoms with Gasteiger partial charge in [0.15, 0.2) is 0 Å². The van der Waals surface area contributed by atoms with Gasteiger partial charge in [-0.2, -0.15) is 0 Å². The van der Waals surface area contributed by atoms with Crippen LogP contribution in [0.4, 0.5) is 0 Å². The zero-order chi connectivity index (χ0) is 49.2. The SMILES string of the molecule is CCCCCCCCC/C=C/CC/C=C/C(O)C(COP(=O)([O-])OCC[N+](C)(C)C)NC(=O)CCCCCCCCCCCCCCCCCCCCCCCCCCCCCCCCCC. The van der Waals surface area contributed by atoms with Crippen molar-refractivity contribution in [3.63, 3.8) is 0 Å². The quantitative estimate of drug-likeness (QED) is 0.0272. The van der Waals surface area contributed by atoms with Crippen LogP contribution in [-0.2, 0) is 18.4 Å². The van der Waals surface area contributed by atoms with Crippen molar-refractivity contribution in [1.82, 2.24) is 5.32 Å². The number of quaternary nitrogens is 1. The van der Waals surface area contributed by atoms with Gasteiger partial charge in [0.1, 0.15) is 13.2 Å². The molecule has 3 atom stereocenters. The Labute approximate surface area is 417 Å². The number of phosphoric acid groups is 1. The second-order valence-corrected chi connectivity index (χ2v) is 22.8. The fraction of sp³-hybridized carbons (Fsp3) is 0.914. The molecule has 0 bridgehead atoms. The Morgan fingerprint density at radius 1 is 0.507 bits per heavy atom. The molecule has 9 heteroatoms. The van der Waals surface area contributed by atoms with E-state index in [0.29, 0.717) is 17.4 Å². The number of likely N-dealkylation sites (N-methyl/N-ethyl adjacent to an activating group) is 1. The maximum Gasteiger partial charge on any atom is 0.268 e. The molecule has 398 valence electrons. The summed E-state index contributed by atoms with van der Waals surface area (Å²) in [6.07, 6.45) is 62.8. The predicted molar refractivity (Wildman–Crippen MR) is 289 cm³/mol. The van der Waals surface area contributed by atoms with E-state index < -0.39 is 20.0 Å². The van der Waals surface area contributed by atoms with Gasteiger partial charge in [-0.05, 0) is 32.1 Å². The molecule has 0 spiro atoms. The number of nitrogens with zero attached hydrogens (tertiary/aromatic N) is 1. The molecule has 0 saturated carbocycles. The summed E-state index contributed by atoms with van der Waals surface area (Å²) >= 11 is 0. The summed E-state index contributed by atoms with van der Waals surface area (Å²) in [6.45, 7) is 4.65. The van der Waals surface area contributed by atoms with Gasteiger partial charge < -0.3 is 28.8 Å². The van der Waals surface area contributed by atoms with Crippen LogP contribution in [-0.4, -0.2) is 68.5 Å². The van der Waals surface area contributed by atoms with Gasteiger partial charge in [0, 0.05) is 6.42 Å². The first kappa shape index (κ1) is 66.0. The summed E-state index contributed by atoms with van der Waals surface area (Å²) in [6, 6.07) is -0.899. The minimum Gasteiger partial charge on any atom is -0.756 e. The molecule has 8 nitrogen and oxygen atoms in total. The number of amides is 1. The highest BCUT2D eigenvalue weighted by molar-refractivity contribution is 7.45. The average Bonchev–Trinajstić information content (AvgIpc) is 3.29. The zero-order valence-electron chi connectivity index (χ0n) is 45.4. The van der Waals surface area contributed by atoms with Gasteiger partial charge in [-0.3, -0.25) is 9.36 Å². The Hall–Kier alpha value is -1.02. The first-order valence-electron chi connectivity index (χ1n) is 29.2. The number of unbranched alkanes of at least 4 members (excludes halogenated alkanes) is 39. The Kier molecular flexibility index (Phi) is 49.2. The molecule has 0 aliphatic rings. The maximum atomic E-state index is 12.9. The average molecular weight is 968 g/mol. The van der Waals surface area contributed by atoms with Gasteiger partial charge in [-0.25, -0.2) is 0 Å². The number of aliphatic hydroxyl groups is 1. The Morgan fingerprint density at radius 2 is 0.836 bits per heavy atom. The number of rotatable bonds is 54. The molecule has 0 radical (unpaired) electrons. The predicted octanol–water partition coefficient (Wildman–Crippen LogP) is 17.0. The molecule has 2 N–H and O–H groups in total. The molecule has 0 rings (SSSR count). The largest absolute Gasteiger partial charge is 0.756 e. The van der Waals surface area contributed by atoms with E-state index in [0.717, 1.165) is 38.5 Å². The number of phosphoric ester groups is 1. The van der Waals surface area contributed by atoms with Crippen molar-refractivity contribution in [2.75, 3.05) is 40.9 Å². The summed E-state index contributed by atoms with van der Waals surface area (Å²) in [5.74, 6) is -0.202. The zero-order valence-corrected chi connectivity index (χ0v) is 46.3. The van der Waals surface area contributed by atoms with Crippen LogP contribution in [0.2, 0.25) is 0 Å². The van der Waals surface area contributed by atoms with Crippen molar-refractivity contribution in [1.29, 1.82) is 0 Å². The van der Waals surface area contributed by atoms with E-state index in [2.05, 4.69) is 31.3 Å². The monoisotopic (exact) mass is 967 g/mol. The molecule has 0 aromatic rings. The molecular formula is C58H115N2O6P. The van der Waals surface area contributed by atoms with Gasteiger partial charge >= 0.3 is 0 Å². The molecule has 0 heterocycles. The van der Waals surface area contributed by atoms with Crippen LogP contribution in [0, 0.1) is 0 Å². The minimum atomic E-state index is -4.60. The van der Waals surface area contributed by atoms with E-state index in [4.69, 9.17) is 9.05 Å². The number of hydrogen-bond donors (Lipinski definition) is 2. The lowest BCUT2D eigenvalue weighted by molar-refractivity contribution is -0.870. The third-order valence-corrected chi connectivity index (χ3v) is 14.4. The van der Waals surface area contributed by atoms with Gasteiger partial charge in [-0.1, -0.05) is 276 Å². The van der Waals surface area contributed by atoms with Crippen molar-refractivity contribution in [2.45, 2.75) is 302 Å². The summed E-state index contributed by atoms with van der Waals surface area (Å²) in [4.78, 5) is 25.4. The normalized spacial score (nSPS) is 14.1. The maximum absolute atomic E-state index is 12.9. The first-order chi connectivity index (χ1) is 32.5. The molecule has 0 aromatic heterocycles. The fourth-order valence-electron chi connectivity index (χ4n) is 8.82. The molecule has 1 amide bonds. The van der Waals surface area contributed by atoms with Crippen LogP contribution in [0.15, 0.2) is 24.3 Å². The number of nitrogens with one attached hydrogen (secondary N) is 1. The van der Waals surface area contributed by atoms with E-state index in [-0.39, 0.29) is 19.1 Å². The standard InChI is InChI=1S/C58H115N2O6P/c1-6-8-10-12-14-16-18-20-21-22-23-24-25-26-27-28-29-30-31-32-33-34-35-36-37-38-40-42-44-46-48-50-52-58(62)59-56(55-66-67(63,64)65-54-53-60(3,4)5)57(61)51-49-47-45-43-41-39-19-17-15-13-11-9-7-2/h41,43,49,51,56-57,61H,6-40,42,44-48,50,52-55H2,1-5H3,(H-,59,62,63,64)/b43-41+,51-49+. The van der Waals surface area contributed by atoms with Gasteiger partial charge in [0.25, 0.3) is 7.82 Å². The molecule has 0 aliphatic carbocycles. The van der Waals surface area contributed by atoms with Crippen LogP contribution >= 0.6 is 7.82 Å². The second kappa shape index (κ2) is 49.9. The highest BCUT2D eigenvalue weighted by Gasteiger charge is 2.23. The summed E-state index contributed by atoms with van der Waals surface area (Å²) in [5.41, 5.74) is 0. The van der Waals surface area contributed by atoms with Crippen LogP contribution in [0.3, 0.4) is 0 Å². The number of carbonyl (C=O) groups excluding carboxylic acids is 1. The van der Waals surface area contributed by atoms with Gasteiger partial charge in [0.2, 0.25) is 5.91 Å². The molecule has 3 unspecified atom stereocenters. The third kappa shape index (κ3) is 52.6. The Bertz CT molecular complexity index is 1140. The molecule has 0 fully saturated rings. The molecule has 0 saturated heterocycles. The van der Waals surface area contributed by atoms with Crippen LogP contribution in [0.1, 0.15) is 290 Å². The van der Waals surface area contributed by atoms with E-state index in [1.54, 1.807) is 6.08 Å². The van der Waals surface area contributed by atoms with Crippen molar-refractivity contribution >= 4 is 13.7 Å². The highest BCUT2D eigenvalue weighted by Crippen LogP contribution is 2.38. The lowest BCUT2D eigenvalue weighted by Gasteiger charge is -2.29. The van der Waals surface area contributed by atoms with Crippen molar-refractivity contribution in [3.8, 4) is 0 Å². The number of aliphatic hydroxyl groups excluding tert-OH is 1.